The molecule has 0 atom stereocenters. The Hall–Kier alpha value is -0.730. The fraction of sp³-hybridized carbons (Fsp3) is 0.889. The Bertz CT molecular complexity index is 162. The molecule has 1 heterocycles. The second-order valence-corrected chi connectivity index (χ2v) is 3.48. The summed E-state index contributed by atoms with van der Waals surface area (Å²) in [5.74, 6) is 0. The molecule has 1 rings (SSSR count). The maximum atomic E-state index is 10.9. The van der Waals surface area contributed by atoms with Crippen LogP contribution in [0.3, 0.4) is 0 Å². The Kier molecular flexibility index (Phi) is 2.95. The lowest BCUT2D eigenvalue weighted by Gasteiger charge is -2.25. The molecule has 0 bridgehead atoms. The monoisotopic (exact) mass is 171 g/mol. The SMILES string of the molecule is CCCC1(CCC)COC(=O)N1. The number of carbonyl (C=O) groups is 1. The lowest BCUT2D eigenvalue weighted by Crippen LogP contribution is -2.43. The van der Waals surface area contributed by atoms with E-state index in [1.165, 1.54) is 0 Å². The topological polar surface area (TPSA) is 38.3 Å². The summed E-state index contributed by atoms with van der Waals surface area (Å²) in [4.78, 5) is 10.9. The van der Waals surface area contributed by atoms with Gasteiger partial charge in [-0.1, -0.05) is 26.7 Å². The molecule has 0 saturated carbocycles. The van der Waals surface area contributed by atoms with Crippen LogP contribution >= 0.6 is 0 Å². The van der Waals surface area contributed by atoms with Gasteiger partial charge in [-0.05, 0) is 12.8 Å². The largest absolute Gasteiger partial charge is 0.447 e. The van der Waals surface area contributed by atoms with E-state index in [1.54, 1.807) is 0 Å². The first-order valence-corrected chi connectivity index (χ1v) is 4.67. The van der Waals surface area contributed by atoms with Crippen LogP contribution in [0.2, 0.25) is 0 Å². The van der Waals surface area contributed by atoms with Crippen LogP contribution in [0.1, 0.15) is 39.5 Å². The summed E-state index contributed by atoms with van der Waals surface area (Å²) in [7, 11) is 0. The number of carbonyl (C=O) groups excluding carboxylic acids is 1. The van der Waals surface area contributed by atoms with E-state index in [0.717, 1.165) is 25.7 Å². The molecule has 0 radical (unpaired) electrons. The number of rotatable bonds is 4. The van der Waals surface area contributed by atoms with Gasteiger partial charge in [0.05, 0.1) is 5.54 Å². The summed E-state index contributed by atoms with van der Waals surface area (Å²) in [5.41, 5.74) is -0.0550. The third-order valence-electron chi connectivity index (χ3n) is 2.30. The van der Waals surface area contributed by atoms with Crippen LogP contribution in [-0.2, 0) is 4.74 Å². The molecule has 1 aliphatic rings. The van der Waals surface area contributed by atoms with Crippen molar-refractivity contribution in [3.8, 4) is 0 Å². The molecule has 3 nitrogen and oxygen atoms in total. The molecule has 0 spiro atoms. The zero-order valence-electron chi connectivity index (χ0n) is 7.85. The molecule has 1 amide bonds. The first kappa shape index (κ1) is 9.36. The molecule has 0 aromatic carbocycles. The molecule has 3 heteroatoms. The number of hydrogen-bond acceptors (Lipinski definition) is 2. The Morgan fingerprint density at radius 3 is 2.33 bits per heavy atom. The van der Waals surface area contributed by atoms with Gasteiger partial charge in [-0.15, -0.1) is 0 Å². The average Bonchev–Trinajstić information content (AvgIpc) is 2.34. The van der Waals surface area contributed by atoms with Crippen molar-refractivity contribution in [3.63, 3.8) is 0 Å². The third kappa shape index (κ3) is 1.90. The number of hydrogen-bond donors (Lipinski definition) is 1. The summed E-state index contributed by atoms with van der Waals surface area (Å²) < 4.78 is 4.92. The summed E-state index contributed by atoms with van der Waals surface area (Å²) >= 11 is 0. The molecule has 0 aromatic heterocycles. The highest BCUT2D eigenvalue weighted by Gasteiger charge is 2.37. The van der Waals surface area contributed by atoms with E-state index in [2.05, 4.69) is 19.2 Å². The number of nitrogens with one attached hydrogen (secondary N) is 1. The van der Waals surface area contributed by atoms with Crippen molar-refractivity contribution in [2.24, 2.45) is 0 Å². The highest BCUT2D eigenvalue weighted by Crippen LogP contribution is 2.24. The fourth-order valence-corrected chi connectivity index (χ4v) is 1.84. The Labute approximate surface area is 73.5 Å². The van der Waals surface area contributed by atoms with Crippen LogP contribution in [0.15, 0.2) is 0 Å². The van der Waals surface area contributed by atoms with Gasteiger partial charge in [0.2, 0.25) is 0 Å². The molecule has 1 N–H and O–H groups in total. The van der Waals surface area contributed by atoms with Gasteiger partial charge in [0, 0.05) is 0 Å². The van der Waals surface area contributed by atoms with Gasteiger partial charge in [0.25, 0.3) is 0 Å². The minimum Gasteiger partial charge on any atom is -0.447 e. The first-order chi connectivity index (χ1) is 5.72. The summed E-state index contributed by atoms with van der Waals surface area (Å²) in [6, 6.07) is 0. The third-order valence-corrected chi connectivity index (χ3v) is 2.30. The van der Waals surface area contributed by atoms with Crippen molar-refractivity contribution in [2.45, 2.75) is 45.1 Å². The van der Waals surface area contributed by atoms with Crippen molar-refractivity contribution in [1.29, 1.82) is 0 Å². The number of cyclic esters (lactones) is 1. The maximum Gasteiger partial charge on any atom is 0.407 e. The van der Waals surface area contributed by atoms with Gasteiger partial charge >= 0.3 is 6.09 Å². The molecule has 1 aliphatic heterocycles. The van der Waals surface area contributed by atoms with Crippen molar-refractivity contribution in [1.82, 2.24) is 5.32 Å². The smallest absolute Gasteiger partial charge is 0.407 e. The van der Waals surface area contributed by atoms with Gasteiger partial charge < -0.3 is 10.1 Å². The Morgan fingerprint density at radius 1 is 1.42 bits per heavy atom. The number of ether oxygens (including phenoxy) is 1. The highest BCUT2D eigenvalue weighted by atomic mass is 16.6. The van der Waals surface area contributed by atoms with Gasteiger partial charge in [-0.3, -0.25) is 0 Å². The van der Waals surface area contributed by atoms with Crippen LogP contribution in [0.5, 0.6) is 0 Å². The van der Waals surface area contributed by atoms with E-state index in [4.69, 9.17) is 4.74 Å². The molecule has 12 heavy (non-hydrogen) atoms. The van der Waals surface area contributed by atoms with E-state index in [-0.39, 0.29) is 11.6 Å². The minimum absolute atomic E-state index is 0.0550. The number of amides is 1. The summed E-state index contributed by atoms with van der Waals surface area (Å²) in [6.45, 7) is 4.80. The average molecular weight is 171 g/mol. The van der Waals surface area contributed by atoms with Crippen molar-refractivity contribution in [3.05, 3.63) is 0 Å². The Morgan fingerprint density at radius 2 is 2.00 bits per heavy atom. The molecular formula is C9H17NO2. The second-order valence-electron chi connectivity index (χ2n) is 3.48. The van der Waals surface area contributed by atoms with Crippen molar-refractivity contribution >= 4 is 6.09 Å². The molecule has 0 aromatic rings. The van der Waals surface area contributed by atoms with Gasteiger partial charge in [-0.2, -0.15) is 0 Å². The maximum absolute atomic E-state index is 10.9. The molecular weight excluding hydrogens is 154 g/mol. The van der Waals surface area contributed by atoms with Gasteiger partial charge in [-0.25, -0.2) is 4.79 Å². The zero-order valence-corrected chi connectivity index (χ0v) is 7.85. The lowest BCUT2D eigenvalue weighted by atomic mass is 9.90. The van der Waals surface area contributed by atoms with Crippen LogP contribution in [-0.4, -0.2) is 18.2 Å². The van der Waals surface area contributed by atoms with E-state index >= 15 is 0 Å². The molecule has 0 unspecified atom stereocenters. The molecule has 1 fully saturated rings. The lowest BCUT2D eigenvalue weighted by molar-refractivity contribution is 0.169. The van der Waals surface area contributed by atoms with E-state index in [0.29, 0.717) is 6.61 Å². The summed E-state index contributed by atoms with van der Waals surface area (Å²) in [5, 5.41) is 2.91. The second kappa shape index (κ2) is 3.78. The fourth-order valence-electron chi connectivity index (χ4n) is 1.84. The quantitative estimate of drug-likeness (QED) is 0.703. The minimum atomic E-state index is -0.253. The number of alkyl carbamates (subject to hydrolysis) is 1. The van der Waals surface area contributed by atoms with Crippen LogP contribution in [0.25, 0.3) is 0 Å². The van der Waals surface area contributed by atoms with Crippen LogP contribution in [0, 0.1) is 0 Å². The van der Waals surface area contributed by atoms with E-state index in [9.17, 15) is 4.79 Å². The Balaban J connectivity index is 2.54. The van der Waals surface area contributed by atoms with Crippen LogP contribution in [0.4, 0.5) is 4.79 Å². The van der Waals surface area contributed by atoms with Crippen molar-refractivity contribution in [2.75, 3.05) is 6.61 Å². The van der Waals surface area contributed by atoms with E-state index < -0.39 is 0 Å². The zero-order chi connectivity index (χ0) is 9.03. The first-order valence-electron chi connectivity index (χ1n) is 4.67. The van der Waals surface area contributed by atoms with Crippen molar-refractivity contribution < 1.29 is 9.53 Å². The van der Waals surface area contributed by atoms with E-state index in [1.807, 2.05) is 0 Å². The molecule has 70 valence electrons. The van der Waals surface area contributed by atoms with Crippen LogP contribution < -0.4 is 5.32 Å². The molecule has 0 aliphatic carbocycles. The predicted octanol–water partition coefficient (Wildman–Crippen LogP) is 2.07. The summed E-state index contributed by atoms with van der Waals surface area (Å²) in [6.07, 6.45) is 3.96. The molecule has 1 saturated heterocycles. The van der Waals surface area contributed by atoms with Gasteiger partial charge in [0.15, 0.2) is 0 Å². The predicted molar refractivity (Wildman–Crippen MR) is 47.0 cm³/mol. The highest BCUT2D eigenvalue weighted by molar-refractivity contribution is 5.70. The van der Waals surface area contributed by atoms with Gasteiger partial charge in [0.1, 0.15) is 6.61 Å². The standard InChI is InChI=1S/C9H17NO2/c1-3-5-9(6-4-2)7-12-8(11)10-9/h3-7H2,1-2H3,(H,10,11). The normalized spacial score (nSPS) is 20.3.